The first-order chi connectivity index (χ1) is 7.41. The van der Waals surface area contributed by atoms with E-state index in [-0.39, 0.29) is 6.04 Å². The smallest absolute Gasteiger partial charge is 0.258 e. The summed E-state index contributed by atoms with van der Waals surface area (Å²) in [6.07, 6.45) is -0.668. The van der Waals surface area contributed by atoms with Crippen LogP contribution in [0.3, 0.4) is 0 Å². The van der Waals surface area contributed by atoms with Gasteiger partial charge in [0, 0.05) is 16.1 Å². The normalized spacial score (nSPS) is 14.2. The highest BCUT2D eigenvalue weighted by Gasteiger charge is 2.14. The molecule has 1 unspecified atom stereocenters. The molecule has 0 aliphatic rings. The van der Waals surface area contributed by atoms with Crippen molar-refractivity contribution in [3.8, 4) is 5.75 Å². The number of rotatable bonds is 4. The van der Waals surface area contributed by atoms with Gasteiger partial charge in [-0.2, -0.15) is 0 Å². The molecule has 4 nitrogen and oxygen atoms in total. The molecule has 4 N–H and O–H groups in total. The molecule has 0 fully saturated rings. The molecule has 0 bridgehead atoms. The van der Waals surface area contributed by atoms with Crippen LogP contribution < -0.4 is 16.2 Å². The average molecular weight is 287 g/mol. The summed E-state index contributed by atoms with van der Waals surface area (Å²) in [6.45, 7) is 3.46. The van der Waals surface area contributed by atoms with Gasteiger partial charge in [0.1, 0.15) is 5.75 Å². The lowest BCUT2D eigenvalue weighted by atomic mass is 10.1. The van der Waals surface area contributed by atoms with Gasteiger partial charge in [0.2, 0.25) is 0 Å². The first kappa shape index (κ1) is 13.0. The highest BCUT2D eigenvalue weighted by molar-refractivity contribution is 9.10. The Labute approximate surface area is 103 Å². The first-order valence-electron chi connectivity index (χ1n) is 4.93. The minimum Gasteiger partial charge on any atom is -0.481 e. The van der Waals surface area contributed by atoms with E-state index < -0.39 is 12.0 Å². The molecule has 0 radical (unpaired) electrons. The van der Waals surface area contributed by atoms with E-state index in [1.54, 1.807) is 13.0 Å². The number of carbonyl (C=O) groups excluding carboxylic acids is 1. The van der Waals surface area contributed by atoms with Crippen molar-refractivity contribution in [2.75, 3.05) is 0 Å². The van der Waals surface area contributed by atoms with E-state index >= 15 is 0 Å². The van der Waals surface area contributed by atoms with Gasteiger partial charge in [-0.1, -0.05) is 15.9 Å². The van der Waals surface area contributed by atoms with Crippen LogP contribution in [0.2, 0.25) is 0 Å². The minimum absolute atomic E-state index is 0.174. The zero-order chi connectivity index (χ0) is 12.3. The highest BCUT2D eigenvalue weighted by Crippen LogP contribution is 2.28. The summed E-state index contributed by atoms with van der Waals surface area (Å²) in [5.41, 5.74) is 11.8. The van der Waals surface area contributed by atoms with E-state index in [0.717, 1.165) is 10.0 Å². The van der Waals surface area contributed by atoms with Gasteiger partial charge in [-0.25, -0.2) is 0 Å². The second-order valence-electron chi connectivity index (χ2n) is 3.63. The molecule has 0 saturated carbocycles. The maximum atomic E-state index is 10.9. The summed E-state index contributed by atoms with van der Waals surface area (Å²) in [4.78, 5) is 10.9. The fourth-order valence-electron chi connectivity index (χ4n) is 1.23. The molecule has 1 aromatic rings. The van der Waals surface area contributed by atoms with Crippen molar-refractivity contribution >= 4 is 21.8 Å². The fraction of sp³-hybridized carbons (Fsp3) is 0.364. The summed E-state index contributed by atoms with van der Waals surface area (Å²) in [5, 5.41) is 0. The molecule has 5 heteroatoms. The Bertz CT molecular complexity index is 394. The molecule has 1 amide bonds. The van der Waals surface area contributed by atoms with Gasteiger partial charge in [-0.05, 0) is 32.0 Å². The van der Waals surface area contributed by atoms with E-state index in [4.69, 9.17) is 16.2 Å². The molecule has 1 aromatic carbocycles. The summed E-state index contributed by atoms with van der Waals surface area (Å²) in [5.74, 6) is 0.0862. The number of halogens is 1. The quantitative estimate of drug-likeness (QED) is 0.885. The van der Waals surface area contributed by atoms with Crippen molar-refractivity contribution in [1.82, 2.24) is 0 Å². The molecule has 0 aliphatic heterocycles. The minimum atomic E-state index is -0.668. The van der Waals surface area contributed by atoms with Crippen molar-refractivity contribution < 1.29 is 9.53 Å². The van der Waals surface area contributed by atoms with Gasteiger partial charge >= 0.3 is 0 Å². The number of hydrogen-bond acceptors (Lipinski definition) is 3. The van der Waals surface area contributed by atoms with Crippen LogP contribution in [0.1, 0.15) is 25.5 Å². The van der Waals surface area contributed by atoms with Gasteiger partial charge in [0.05, 0.1) is 0 Å². The summed E-state index contributed by atoms with van der Waals surface area (Å²) in [6, 6.07) is 5.29. The molecule has 1 rings (SSSR count). The Hall–Kier alpha value is -1.07. The maximum absolute atomic E-state index is 10.9. The molecule has 0 spiro atoms. The molecule has 0 heterocycles. The molecule has 2 atom stereocenters. The largest absolute Gasteiger partial charge is 0.481 e. The van der Waals surface area contributed by atoms with Crippen LogP contribution in [0.5, 0.6) is 5.75 Å². The van der Waals surface area contributed by atoms with Crippen LogP contribution >= 0.6 is 15.9 Å². The zero-order valence-electron chi connectivity index (χ0n) is 9.24. The van der Waals surface area contributed by atoms with Crippen molar-refractivity contribution in [1.29, 1.82) is 0 Å². The van der Waals surface area contributed by atoms with Crippen LogP contribution in [0.25, 0.3) is 0 Å². The summed E-state index contributed by atoms with van der Waals surface area (Å²) >= 11 is 3.36. The van der Waals surface area contributed by atoms with E-state index in [1.165, 1.54) is 0 Å². The third-order valence-corrected chi connectivity index (χ3v) is 2.66. The Morgan fingerprint density at radius 2 is 2.06 bits per heavy atom. The molecule has 16 heavy (non-hydrogen) atoms. The molecule has 0 saturated heterocycles. The zero-order valence-corrected chi connectivity index (χ0v) is 10.8. The molecular weight excluding hydrogens is 272 g/mol. The Kier molecular flexibility index (Phi) is 4.32. The van der Waals surface area contributed by atoms with Gasteiger partial charge in [-0.3, -0.25) is 4.79 Å². The lowest BCUT2D eigenvalue weighted by molar-refractivity contribution is -0.124. The molecular formula is C11H15BrN2O2. The fourth-order valence-corrected chi connectivity index (χ4v) is 1.61. The summed E-state index contributed by atoms with van der Waals surface area (Å²) in [7, 11) is 0. The lowest BCUT2D eigenvalue weighted by Gasteiger charge is -2.17. The lowest BCUT2D eigenvalue weighted by Crippen LogP contribution is -2.31. The monoisotopic (exact) mass is 286 g/mol. The van der Waals surface area contributed by atoms with E-state index in [9.17, 15) is 4.79 Å². The van der Waals surface area contributed by atoms with Crippen LogP contribution in [-0.4, -0.2) is 12.0 Å². The number of amides is 1. The van der Waals surface area contributed by atoms with Crippen molar-refractivity contribution in [3.63, 3.8) is 0 Å². The van der Waals surface area contributed by atoms with Gasteiger partial charge in [0.15, 0.2) is 6.10 Å². The van der Waals surface area contributed by atoms with E-state index in [1.807, 2.05) is 19.1 Å². The summed E-state index contributed by atoms with van der Waals surface area (Å²) < 4.78 is 6.36. The predicted molar refractivity (Wildman–Crippen MR) is 66.0 cm³/mol. The molecule has 0 aromatic heterocycles. The Morgan fingerprint density at radius 1 is 1.44 bits per heavy atom. The Balaban J connectivity index is 2.99. The van der Waals surface area contributed by atoms with Crippen LogP contribution in [0, 0.1) is 0 Å². The predicted octanol–water partition coefficient (Wildman–Crippen LogP) is 1.72. The van der Waals surface area contributed by atoms with E-state index in [0.29, 0.717) is 5.75 Å². The number of nitrogens with two attached hydrogens (primary N) is 2. The number of primary amides is 1. The second-order valence-corrected chi connectivity index (χ2v) is 4.55. The van der Waals surface area contributed by atoms with Crippen LogP contribution in [0.4, 0.5) is 0 Å². The van der Waals surface area contributed by atoms with Gasteiger partial charge < -0.3 is 16.2 Å². The van der Waals surface area contributed by atoms with Crippen molar-refractivity contribution in [2.45, 2.75) is 26.0 Å². The topological polar surface area (TPSA) is 78.3 Å². The van der Waals surface area contributed by atoms with Crippen LogP contribution in [-0.2, 0) is 4.79 Å². The Morgan fingerprint density at radius 3 is 2.56 bits per heavy atom. The van der Waals surface area contributed by atoms with Crippen LogP contribution in [0.15, 0.2) is 22.7 Å². The molecule has 0 aliphatic carbocycles. The highest BCUT2D eigenvalue weighted by atomic mass is 79.9. The van der Waals surface area contributed by atoms with Crippen molar-refractivity contribution in [2.24, 2.45) is 11.5 Å². The van der Waals surface area contributed by atoms with Crippen molar-refractivity contribution in [3.05, 3.63) is 28.2 Å². The number of hydrogen-bond donors (Lipinski definition) is 2. The third kappa shape index (κ3) is 3.21. The second kappa shape index (κ2) is 5.32. The van der Waals surface area contributed by atoms with Gasteiger partial charge in [-0.15, -0.1) is 0 Å². The molecule has 88 valence electrons. The van der Waals surface area contributed by atoms with Gasteiger partial charge in [0.25, 0.3) is 5.91 Å². The third-order valence-electron chi connectivity index (χ3n) is 2.17. The van der Waals surface area contributed by atoms with E-state index in [2.05, 4.69) is 15.9 Å². The standard InChI is InChI=1S/C11H15BrN2O2/c1-6(13)9-5-8(12)3-4-10(9)16-7(2)11(14)15/h3-7H,13H2,1-2H3,(H2,14,15)/t6-,7?/m0/s1. The first-order valence-corrected chi connectivity index (χ1v) is 5.72. The number of ether oxygens (including phenoxy) is 1. The maximum Gasteiger partial charge on any atom is 0.258 e. The SMILES string of the molecule is CC(Oc1ccc(Br)cc1[C@H](C)N)C(N)=O. The number of carbonyl (C=O) groups is 1. The number of benzene rings is 1. The average Bonchev–Trinajstić information content (AvgIpc) is 2.20.